The molecular formula is C3H3NO3. The van der Waals surface area contributed by atoms with Crippen LogP contribution in [0, 0.1) is 5.21 Å². The van der Waals surface area contributed by atoms with Gasteiger partial charge in [-0.3, -0.25) is 0 Å². The van der Waals surface area contributed by atoms with Crippen molar-refractivity contribution < 1.29 is 14.9 Å². The highest BCUT2D eigenvalue weighted by molar-refractivity contribution is 5.79. The number of hydrogen-bond donors (Lipinski definition) is 1. The monoisotopic (exact) mass is 101 g/mol. The van der Waals surface area contributed by atoms with Crippen molar-refractivity contribution in [1.29, 1.82) is 0 Å². The molecule has 1 atom stereocenters. The SMILES string of the molecule is O=C1C=CO[NH+]1[O-]. The van der Waals surface area contributed by atoms with Crippen molar-refractivity contribution in [3.63, 3.8) is 0 Å². The summed E-state index contributed by atoms with van der Waals surface area (Å²) in [6, 6.07) is 0. The van der Waals surface area contributed by atoms with Gasteiger partial charge in [0.05, 0.1) is 6.08 Å². The van der Waals surface area contributed by atoms with Crippen molar-refractivity contribution in [2.75, 3.05) is 0 Å². The van der Waals surface area contributed by atoms with Gasteiger partial charge in [-0.15, -0.1) is 5.23 Å². The molecule has 1 unspecified atom stereocenters. The second kappa shape index (κ2) is 1.32. The first kappa shape index (κ1) is 4.29. The van der Waals surface area contributed by atoms with Crippen molar-refractivity contribution in [2.24, 2.45) is 0 Å². The fourth-order valence-electron chi connectivity index (χ4n) is 0.284. The second-order valence-electron chi connectivity index (χ2n) is 1.07. The lowest BCUT2D eigenvalue weighted by Crippen LogP contribution is -3.06. The highest BCUT2D eigenvalue weighted by Crippen LogP contribution is 1.74. The van der Waals surface area contributed by atoms with Gasteiger partial charge in [0.25, 0.3) is 0 Å². The molecule has 0 radical (unpaired) electrons. The van der Waals surface area contributed by atoms with Crippen molar-refractivity contribution in [1.82, 2.24) is 0 Å². The zero-order chi connectivity index (χ0) is 5.28. The number of nitrogens with one attached hydrogen (secondary N) is 1. The molecule has 0 fully saturated rings. The Balaban J connectivity index is 2.62. The standard InChI is InChI=1S/C3H3NO3/c5-3-1-2-7-4(3)6/h1-2,4H. The summed E-state index contributed by atoms with van der Waals surface area (Å²) in [4.78, 5) is 14.1. The van der Waals surface area contributed by atoms with Gasteiger partial charge in [0.1, 0.15) is 0 Å². The van der Waals surface area contributed by atoms with Gasteiger partial charge < -0.3 is 10.0 Å². The molecule has 0 saturated carbocycles. The molecule has 0 aromatic rings. The predicted octanol–water partition coefficient (Wildman–Crippen LogP) is -1.65. The number of quaternary nitrogens is 1. The van der Waals surface area contributed by atoms with E-state index in [1.807, 2.05) is 0 Å². The van der Waals surface area contributed by atoms with Crippen LogP contribution in [0.4, 0.5) is 0 Å². The minimum Gasteiger partial charge on any atom is -0.583 e. The van der Waals surface area contributed by atoms with Crippen LogP contribution in [0.1, 0.15) is 0 Å². The summed E-state index contributed by atoms with van der Waals surface area (Å²) in [6.45, 7) is 0. The Morgan fingerprint density at radius 3 is 2.71 bits per heavy atom. The normalized spacial score (nSPS) is 28.1. The molecule has 1 heterocycles. The van der Waals surface area contributed by atoms with Gasteiger partial charge in [-0.25, -0.2) is 4.79 Å². The lowest BCUT2D eigenvalue weighted by atomic mass is 10.6. The van der Waals surface area contributed by atoms with Crippen LogP contribution in [0.15, 0.2) is 12.3 Å². The third kappa shape index (κ3) is 0.603. The largest absolute Gasteiger partial charge is 0.583 e. The summed E-state index contributed by atoms with van der Waals surface area (Å²) < 4.78 is 0. The summed E-state index contributed by atoms with van der Waals surface area (Å²) in [6.07, 6.45) is 2.16. The van der Waals surface area contributed by atoms with Crippen LogP contribution in [0.2, 0.25) is 0 Å². The van der Waals surface area contributed by atoms with Crippen LogP contribution < -0.4 is 5.23 Å². The smallest absolute Gasteiger partial charge is 0.381 e. The molecule has 0 aromatic carbocycles. The van der Waals surface area contributed by atoms with E-state index in [4.69, 9.17) is 0 Å². The third-order valence-electron chi connectivity index (χ3n) is 0.596. The van der Waals surface area contributed by atoms with Crippen LogP contribution in [0.3, 0.4) is 0 Å². The summed E-state index contributed by atoms with van der Waals surface area (Å²) in [5.74, 6) is -0.583. The molecule has 4 nitrogen and oxygen atoms in total. The Labute approximate surface area is 39.5 Å². The Kier molecular flexibility index (Phi) is 0.812. The van der Waals surface area contributed by atoms with Crippen LogP contribution in [0.25, 0.3) is 0 Å². The molecule has 0 saturated heterocycles. The summed E-state index contributed by atoms with van der Waals surface area (Å²) in [5.41, 5.74) is 0. The van der Waals surface area contributed by atoms with Crippen LogP contribution in [-0.2, 0) is 9.63 Å². The Hall–Kier alpha value is -0.870. The number of amides is 1. The molecule has 7 heavy (non-hydrogen) atoms. The van der Waals surface area contributed by atoms with Gasteiger partial charge in [0.2, 0.25) is 0 Å². The third-order valence-corrected chi connectivity index (χ3v) is 0.596. The van der Waals surface area contributed by atoms with Crippen LogP contribution in [-0.4, -0.2) is 5.91 Å². The molecule has 1 aliphatic heterocycles. The first-order valence-electron chi connectivity index (χ1n) is 1.72. The Morgan fingerprint density at radius 1 is 1.86 bits per heavy atom. The predicted molar refractivity (Wildman–Crippen MR) is 19.6 cm³/mol. The van der Waals surface area contributed by atoms with Gasteiger partial charge in [-0.2, -0.15) is 0 Å². The Morgan fingerprint density at radius 2 is 2.57 bits per heavy atom. The van der Waals surface area contributed by atoms with Gasteiger partial charge in [0, 0.05) is 0 Å². The fraction of sp³-hybridized carbons (Fsp3) is 0. The number of carbonyl (C=O) groups excluding carboxylic acids is 1. The lowest BCUT2D eigenvalue weighted by molar-refractivity contribution is -0.964. The first-order chi connectivity index (χ1) is 3.30. The van der Waals surface area contributed by atoms with E-state index in [0.29, 0.717) is 0 Å². The van der Waals surface area contributed by atoms with E-state index in [2.05, 4.69) is 4.84 Å². The summed E-state index contributed by atoms with van der Waals surface area (Å²) in [5, 5.41) is 9.15. The van der Waals surface area contributed by atoms with Crippen LogP contribution in [0.5, 0.6) is 0 Å². The average Bonchev–Trinajstić information content (AvgIpc) is 1.91. The molecule has 0 aromatic heterocycles. The maximum absolute atomic E-state index is 10.0. The zero-order valence-electron chi connectivity index (χ0n) is 3.38. The van der Waals surface area contributed by atoms with Gasteiger partial charge in [0.15, 0.2) is 6.26 Å². The van der Waals surface area contributed by atoms with E-state index in [-0.39, 0.29) is 0 Å². The topological polar surface area (TPSA) is 53.8 Å². The van der Waals surface area contributed by atoms with Gasteiger partial charge >= 0.3 is 5.91 Å². The van der Waals surface area contributed by atoms with Crippen LogP contribution >= 0.6 is 0 Å². The summed E-state index contributed by atoms with van der Waals surface area (Å²) in [7, 11) is 0. The molecule has 4 heteroatoms. The molecule has 38 valence electrons. The summed E-state index contributed by atoms with van der Waals surface area (Å²) >= 11 is 0. The molecule has 1 rings (SSSR count). The highest BCUT2D eigenvalue weighted by atomic mass is 16.9. The van der Waals surface area contributed by atoms with Crippen molar-refractivity contribution in [3.05, 3.63) is 17.5 Å². The highest BCUT2D eigenvalue weighted by Gasteiger charge is 2.12. The fourth-order valence-corrected chi connectivity index (χ4v) is 0.284. The molecule has 1 aliphatic rings. The maximum Gasteiger partial charge on any atom is 0.381 e. The number of hydrogen-bond acceptors (Lipinski definition) is 3. The van der Waals surface area contributed by atoms with E-state index in [0.717, 1.165) is 12.3 Å². The molecular weight excluding hydrogens is 98.0 g/mol. The lowest BCUT2D eigenvalue weighted by Gasteiger charge is -2.06. The zero-order valence-corrected chi connectivity index (χ0v) is 3.38. The van der Waals surface area contributed by atoms with E-state index in [9.17, 15) is 10.0 Å². The van der Waals surface area contributed by atoms with E-state index in [1.165, 1.54) is 0 Å². The number of carbonyl (C=O) groups is 1. The first-order valence-corrected chi connectivity index (χ1v) is 1.72. The minimum absolute atomic E-state index is 0.583. The van der Waals surface area contributed by atoms with E-state index < -0.39 is 11.1 Å². The molecule has 0 bridgehead atoms. The number of hydroxylamine groups is 2. The molecule has 0 aliphatic carbocycles. The Bertz CT molecular complexity index is 119. The molecule has 1 N–H and O–H groups in total. The quantitative estimate of drug-likeness (QED) is 0.372. The van der Waals surface area contributed by atoms with Crippen molar-refractivity contribution in [3.8, 4) is 0 Å². The maximum atomic E-state index is 10.0. The van der Waals surface area contributed by atoms with Gasteiger partial charge in [-0.05, 0) is 0 Å². The average molecular weight is 101 g/mol. The van der Waals surface area contributed by atoms with Gasteiger partial charge in [-0.1, -0.05) is 0 Å². The second-order valence-corrected chi connectivity index (χ2v) is 1.07. The molecule has 0 spiro atoms. The van der Waals surface area contributed by atoms with E-state index >= 15 is 0 Å². The van der Waals surface area contributed by atoms with Crippen molar-refractivity contribution >= 4 is 5.91 Å². The minimum atomic E-state index is -0.792. The molecule has 1 amide bonds. The number of rotatable bonds is 0. The van der Waals surface area contributed by atoms with E-state index in [1.54, 1.807) is 0 Å². The van der Waals surface area contributed by atoms with Crippen molar-refractivity contribution in [2.45, 2.75) is 0 Å².